The maximum absolute atomic E-state index is 2.33. The fourth-order valence-corrected chi connectivity index (χ4v) is 3.42. The third kappa shape index (κ3) is 3.30. The van der Waals surface area contributed by atoms with E-state index < -0.39 is 0 Å². The molecule has 0 aromatic rings. The molecule has 71 valence electrons. The van der Waals surface area contributed by atoms with Crippen molar-refractivity contribution >= 4 is 11.8 Å². The van der Waals surface area contributed by atoms with E-state index >= 15 is 0 Å². The molecule has 0 aromatic carbocycles. The molecule has 0 N–H and O–H groups in total. The Morgan fingerprint density at radius 2 is 2.31 bits per heavy atom. The topological polar surface area (TPSA) is 0 Å². The van der Waals surface area contributed by atoms with Crippen LogP contribution in [0.1, 0.15) is 33.1 Å². The van der Waals surface area contributed by atoms with Gasteiger partial charge in [-0.15, -0.1) is 0 Å². The van der Waals surface area contributed by atoms with E-state index in [0.717, 1.165) is 5.25 Å². The predicted molar refractivity (Wildman–Crippen MR) is 57.6 cm³/mol. The van der Waals surface area contributed by atoms with Gasteiger partial charge in [-0.25, -0.2) is 0 Å². The van der Waals surface area contributed by atoms with Crippen LogP contribution in [0.2, 0.25) is 0 Å². The van der Waals surface area contributed by atoms with Crippen molar-refractivity contribution in [2.24, 2.45) is 0 Å². The zero-order valence-electron chi connectivity index (χ0n) is 8.47. The van der Waals surface area contributed by atoms with Gasteiger partial charge in [0, 0.05) is 0 Å². The Hall–Kier alpha value is 0.544. The summed E-state index contributed by atoms with van der Waals surface area (Å²) in [5.41, 5.74) is 1.60. The molecule has 0 saturated carbocycles. The van der Waals surface area contributed by atoms with Gasteiger partial charge in [-0.05, 0) is 0 Å². The Morgan fingerprint density at radius 1 is 1.54 bits per heavy atom. The summed E-state index contributed by atoms with van der Waals surface area (Å²) in [7, 11) is 0. The summed E-state index contributed by atoms with van der Waals surface area (Å²) in [4.78, 5) is 0. The molecule has 0 heterocycles. The normalized spacial score (nSPS) is 18.2. The molecule has 13 heavy (non-hydrogen) atoms. The summed E-state index contributed by atoms with van der Waals surface area (Å²) in [6.45, 7) is 4.55. The van der Waals surface area contributed by atoms with Crippen LogP contribution in [-0.4, -0.2) is 11.0 Å². The third-order valence-electron chi connectivity index (χ3n) is 2.21. The van der Waals surface area contributed by atoms with Gasteiger partial charge < -0.3 is 0 Å². The minimum atomic E-state index is 0.749. The van der Waals surface area contributed by atoms with E-state index in [-0.39, 0.29) is 0 Å². The average Bonchev–Trinajstić information content (AvgIpc) is 2.54. The van der Waals surface area contributed by atoms with E-state index in [1.807, 2.05) is 0 Å². The molecule has 1 aliphatic carbocycles. The molecule has 0 aromatic heterocycles. The Labute approximate surface area is 97.7 Å². The van der Waals surface area contributed by atoms with Crippen molar-refractivity contribution in [1.29, 1.82) is 0 Å². The molecule has 0 fully saturated rings. The van der Waals surface area contributed by atoms with E-state index in [1.54, 1.807) is 9.45 Å². The van der Waals surface area contributed by atoms with Crippen LogP contribution >= 0.6 is 11.8 Å². The van der Waals surface area contributed by atoms with E-state index in [2.05, 4.69) is 58.2 Å². The fraction of sp³-hybridized carbons (Fsp3) is 0.636. The van der Waals surface area contributed by atoms with Gasteiger partial charge in [-0.2, -0.15) is 0 Å². The molecule has 0 amide bonds. The second kappa shape index (κ2) is 6.11. The van der Waals surface area contributed by atoms with Crippen molar-refractivity contribution in [3.8, 4) is 0 Å². The van der Waals surface area contributed by atoms with Gasteiger partial charge in [-0.3, -0.25) is 0 Å². The van der Waals surface area contributed by atoms with Gasteiger partial charge in [0.05, 0.1) is 0 Å². The number of hydrogen-bond acceptors (Lipinski definition) is 1. The van der Waals surface area contributed by atoms with Gasteiger partial charge in [0.25, 0.3) is 0 Å². The molecule has 1 aliphatic rings. The quantitative estimate of drug-likeness (QED) is 0.648. The van der Waals surface area contributed by atoms with Crippen molar-refractivity contribution in [2.45, 2.75) is 38.4 Å². The summed E-state index contributed by atoms with van der Waals surface area (Å²) >= 11 is 4.38. The van der Waals surface area contributed by atoms with E-state index in [1.165, 1.54) is 25.0 Å². The first-order valence-electron chi connectivity index (χ1n) is 5.02. The standard InChI is InChI=1S/C11H17S.Ti/c1-3-9-12-11(4-2)10-7-5-6-8-10;/h5,7,11H,3-4,6,9H2,1-2H3;. The van der Waals surface area contributed by atoms with Crippen LogP contribution in [0.5, 0.6) is 0 Å². The molecule has 0 spiro atoms. The Morgan fingerprint density at radius 3 is 2.77 bits per heavy atom. The first-order valence-corrected chi connectivity index (χ1v) is 6.85. The van der Waals surface area contributed by atoms with Gasteiger partial charge in [0.15, 0.2) is 0 Å². The number of hydrogen-bond donors (Lipinski definition) is 0. The SMILES string of the molecule is CCCSC(CC)C1=[C]([Ti])CC=C1. The zero-order valence-corrected chi connectivity index (χ0v) is 10.8. The molecule has 2 heteroatoms. The van der Waals surface area contributed by atoms with Gasteiger partial charge in [0.1, 0.15) is 0 Å². The second-order valence-corrected chi connectivity index (χ2v) is 5.56. The van der Waals surface area contributed by atoms with Crippen LogP contribution in [0.4, 0.5) is 0 Å². The van der Waals surface area contributed by atoms with Crippen LogP contribution in [0.15, 0.2) is 21.6 Å². The summed E-state index contributed by atoms with van der Waals surface area (Å²) in [6.07, 6.45) is 8.35. The number of thioether (sulfide) groups is 1. The van der Waals surface area contributed by atoms with Crippen molar-refractivity contribution < 1.29 is 20.4 Å². The third-order valence-corrected chi connectivity index (χ3v) is 4.61. The molecule has 0 aliphatic heterocycles. The van der Waals surface area contributed by atoms with Crippen LogP contribution in [0.25, 0.3) is 0 Å². The van der Waals surface area contributed by atoms with Crippen molar-refractivity contribution in [3.63, 3.8) is 0 Å². The molecule has 1 atom stereocenters. The number of rotatable bonds is 5. The molecule has 0 nitrogen and oxygen atoms in total. The molecular weight excluding hydrogens is 212 g/mol. The van der Waals surface area contributed by atoms with E-state index in [4.69, 9.17) is 0 Å². The van der Waals surface area contributed by atoms with Crippen molar-refractivity contribution in [2.75, 3.05) is 5.75 Å². The Bertz CT molecular complexity index is 218. The Balaban J connectivity index is 2.55. The van der Waals surface area contributed by atoms with Gasteiger partial charge in [-0.1, -0.05) is 0 Å². The summed E-state index contributed by atoms with van der Waals surface area (Å²) in [5, 5.41) is 0.749. The second-order valence-electron chi connectivity index (χ2n) is 3.31. The molecule has 1 rings (SSSR count). The monoisotopic (exact) mass is 229 g/mol. The first kappa shape index (κ1) is 11.6. The fourth-order valence-electron chi connectivity index (χ4n) is 1.51. The van der Waals surface area contributed by atoms with Crippen molar-refractivity contribution in [3.05, 3.63) is 21.6 Å². The zero-order chi connectivity index (χ0) is 9.68. The summed E-state index contributed by atoms with van der Waals surface area (Å²) < 4.78 is 1.58. The number of allylic oxidation sites excluding steroid dienone is 3. The summed E-state index contributed by atoms with van der Waals surface area (Å²) in [5.74, 6) is 1.29. The van der Waals surface area contributed by atoms with Crippen LogP contribution in [-0.2, 0) is 20.4 Å². The molecular formula is C11H17STi. The van der Waals surface area contributed by atoms with E-state index in [9.17, 15) is 0 Å². The maximum atomic E-state index is 2.33. The summed E-state index contributed by atoms with van der Waals surface area (Å²) in [6, 6.07) is 0. The van der Waals surface area contributed by atoms with Crippen LogP contribution in [0, 0.1) is 0 Å². The molecule has 1 unspecified atom stereocenters. The van der Waals surface area contributed by atoms with Crippen molar-refractivity contribution in [1.82, 2.24) is 0 Å². The molecule has 0 radical (unpaired) electrons. The van der Waals surface area contributed by atoms with Crippen LogP contribution in [0.3, 0.4) is 0 Å². The average molecular weight is 229 g/mol. The molecule has 0 saturated heterocycles. The molecule has 0 bridgehead atoms. The predicted octanol–water partition coefficient (Wildman–Crippen LogP) is 3.67. The Kier molecular flexibility index (Phi) is 5.46. The van der Waals surface area contributed by atoms with Gasteiger partial charge >= 0.3 is 97.9 Å². The van der Waals surface area contributed by atoms with Gasteiger partial charge in [0.2, 0.25) is 0 Å². The first-order chi connectivity index (χ1) is 6.29. The minimum absolute atomic E-state index is 0.749. The van der Waals surface area contributed by atoms with Crippen LogP contribution < -0.4 is 0 Å². The van der Waals surface area contributed by atoms with E-state index in [0.29, 0.717) is 0 Å².